The van der Waals surface area contributed by atoms with Gasteiger partial charge in [-0.3, -0.25) is 0 Å². The van der Waals surface area contributed by atoms with Crippen molar-refractivity contribution in [2.75, 3.05) is 0 Å². The highest BCUT2D eigenvalue weighted by Crippen LogP contribution is 2.16. The third-order valence-corrected chi connectivity index (χ3v) is 3.47. The average Bonchev–Trinajstić information content (AvgIpc) is 3.23. The Bertz CT molecular complexity index is 1060. The van der Waals surface area contributed by atoms with Gasteiger partial charge in [-0.1, -0.05) is 18.2 Å². The molecule has 0 unspecified atom stereocenters. The SMILES string of the molecule is O=c1[nH][nH]c(=O)n1-c1ccc(-c2nnn(-c3ccccc3)n2)cc1. The summed E-state index contributed by atoms with van der Waals surface area (Å²) in [6.07, 6.45) is 0. The van der Waals surface area contributed by atoms with Crippen LogP contribution in [0.3, 0.4) is 0 Å². The summed E-state index contributed by atoms with van der Waals surface area (Å²) < 4.78 is 0.998. The van der Waals surface area contributed by atoms with Crippen LogP contribution in [-0.2, 0) is 0 Å². The number of aromatic amines is 2. The van der Waals surface area contributed by atoms with E-state index in [2.05, 4.69) is 25.6 Å². The minimum atomic E-state index is -0.527. The van der Waals surface area contributed by atoms with Crippen molar-refractivity contribution in [1.82, 2.24) is 35.0 Å². The van der Waals surface area contributed by atoms with Crippen LogP contribution in [0.4, 0.5) is 0 Å². The molecule has 0 saturated carbocycles. The number of rotatable bonds is 3. The number of hydrogen-bond acceptors (Lipinski definition) is 5. The highest BCUT2D eigenvalue weighted by molar-refractivity contribution is 5.56. The topological polar surface area (TPSA) is 114 Å². The van der Waals surface area contributed by atoms with Crippen LogP contribution in [0.2, 0.25) is 0 Å². The number of hydrogen-bond donors (Lipinski definition) is 2. The van der Waals surface area contributed by atoms with Gasteiger partial charge in [-0.15, -0.1) is 15.0 Å². The van der Waals surface area contributed by atoms with Gasteiger partial charge in [0.05, 0.1) is 11.4 Å². The summed E-state index contributed by atoms with van der Waals surface area (Å²) in [5.74, 6) is 0.445. The Hall–Kier alpha value is -3.75. The molecule has 0 spiro atoms. The number of aromatic nitrogens is 7. The maximum absolute atomic E-state index is 11.6. The van der Waals surface area contributed by atoms with Gasteiger partial charge in [-0.2, -0.15) is 0 Å². The van der Waals surface area contributed by atoms with Crippen molar-refractivity contribution in [1.29, 1.82) is 0 Å². The predicted molar refractivity (Wildman–Crippen MR) is 85.2 cm³/mol. The van der Waals surface area contributed by atoms with Crippen molar-refractivity contribution in [3.05, 3.63) is 75.6 Å². The summed E-state index contributed by atoms with van der Waals surface area (Å²) in [6.45, 7) is 0. The summed E-state index contributed by atoms with van der Waals surface area (Å²) in [5, 5.41) is 16.9. The van der Waals surface area contributed by atoms with E-state index < -0.39 is 11.4 Å². The number of tetrazole rings is 1. The highest BCUT2D eigenvalue weighted by atomic mass is 16.2. The molecule has 0 aliphatic heterocycles. The first-order chi connectivity index (χ1) is 11.7. The lowest BCUT2D eigenvalue weighted by molar-refractivity contribution is 0.720. The molecule has 0 saturated heterocycles. The number of nitrogens with zero attached hydrogens (tertiary/aromatic N) is 5. The molecule has 0 aliphatic rings. The zero-order valence-electron chi connectivity index (χ0n) is 12.2. The summed E-state index contributed by atoms with van der Waals surface area (Å²) in [4.78, 5) is 24.6. The van der Waals surface area contributed by atoms with Crippen LogP contribution in [0, 0.1) is 0 Å². The number of nitrogens with one attached hydrogen (secondary N) is 2. The minimum absolute atomic E-state index is 0.445. The Morgan fingerprint density at radius 3 is 2.12 bits per heavy atom. The molecule has 9 heteroatoms. The molecule has 2 aromatic heterocycles. The molecule has 4 aromatic rings. The molecule has 2 N–H and O–H groups in total. The van der Waals surface area contributed by atoms with Gasteiger partial charge in [0.25, 0.3) is 0 Å². The molecule has 0 fully saturated rings. The van der Waals surface area contributed by atoms with E-state index in [0.29, 0.717) is 11.5 Å². The van der Waals surface area contributed by atoms with Gasteiger partial charge in [0.15, 0.2) is 0 Å². The Balaban J connectivity index is 1.68. The van der Waals surface area contributed by atoms with Gasteiger partial charge in [0, 0.05) is 5.56 Å². The number of H-pyrrole nitrogens is 2. The fourth-order valence-electron chi connectivity index (χ4n) is 2.31. The fraction of sp³-hybridized carbons (Fsp3) is 0. The van der Waals surface area contributed by atoms with E-state index in [1.807, 2.05) is 30.3 Å². The second-order valence-electron chi connectivity index (χ2n) is 4.98. The zero-order chi connectivity index (χ0) is 16.5. The number of benzene rings is 2. The lowest BCUT2D eigenvalue weighted by Crippen LogP contribution is -2.24. The average molecular weight is 321 g/mol. The van der Waals surface area contributed by atoms with Crippen molar-refractivity contribution in [2.24, 2.45) is 0 Å². The Morgan fingerprint density at radius 2 is 1.46 bits per heavy atom. The maximum Gasteiger partial charge on any atom is 0.348 e. The molecule has 0 amide bonds. The molecular formula is C15H11N7O2. The predicted octanol–water partition coefficient (Wildman–Crippen LogP) is 0.497. The molecule has 2 aromatic carbocycles. The third-order valence-electron chi connectivity index (χ3n) is 3.47. The molecule has 0 radical (unpaired) electrons. The Morgan fingerprint density at radius 1 is 0.792 bits per heavy atom. The molecule has 118 valence electrons. The lowest BCUT2D eigenvalue weighted by Gasteiger charge is -2.00. The van der Waals surface area contributed by atoms with Gasteiger partial charge in [-0.25, -0.2) is 24.4 Å². The van der Waals surface area contributed by atoms with Gasteiger partial charge in [0.2, 0.25) is 5.82 Å². The van der Waals surface area contributed by atoms with Crippen molar-refractivity contribution in [2.45, 2.75) is 0 Å². The minimum Gasteiger partial charge on any atom is -0.247 e. The quantitative estimate of drug-likeness (QED) is 0.570. The molecule has 24 heavy (non-hydrogen) atoms. The van der Waals surface area contributed by atoms with Crippen LogP contribution in [0.15, 0.2) is 64.2 Å². The number of para-hydroxylation sites is 1. The second kappa shape index (κ2) is 5.47. The molecule has 9 nitrogen and oxygen atoms in total. The first-order valence-electron chi connectivity index (χ1n) is 7.08. The van der Waals surface area contributed by atoms with Gasteiger partial charge in [-0.05, 0) is 41.6 Å². The van der Waals surface area contributed by atoms with Crippen LogP contribution >= 0.6 is 0 Å². The van der Waals surface area contributed by atoms with E-state index in [1.54, 1.807) is 24.3 Å². The second-order valence-corrected chi connectivity index (χ2v) is 4.98. The Labute approximate surface area is 134 Å². The molecule has 0 atom stereocenters. The van der Waals surface area contributed by atoms with Crippen molar-refractivity contribution in [3.63, 3.8) is 0 Å². The van der Waals surface area contributed by atoms with Crippen LogP contribution < -0.4 is 11.4 Å². The van der Waals surface area contributed by atoms with E-state index in [0.717, 1.165) is 15.8 Å². The highest BCUT2D eigenvalue weighted by Gasteiger charge is 2.09. The van der Waals surface area contributed by atoms with Crippen LogP contribution in [0.25, 0.3) is 22.8 Å². The van der Waals surface area contributed by atoms with E-state index in [-0.39, 0.29) is 0 Å². The summed E-state index contributed by atoms with van der Waals surface area (Å²) in [5.41, 5.74) is 0.919. The van der Waals surface area contributed by atoms with Gasteiger partial charge in [0.1, 0.15) is 0 Å². The van der Waals surface area contributed by atoms with E-state index in [1.165, 1.54) is 4.80 Å². The third kappa shape index (κ3) is 2.33. The normalized spacial score (nSPS) is 10.8. The first kappa shape index (κ1) is 13.9. The van der Waals surface area contributed by atoms with E-state index in [4.69, 9.17) is 0 Å². The standard InChI is InChI=1S/C15H11N7O2/c23-14-17-18-15(24)21(14)11-8-6-10(7-9-11)13-16-20-22(19-13)12-4-2-1-3-5-12/h1-9H,(H,17,23)(H,18,24). The smallest absolute Gasteiger partial charge is 0.247 e. The monoisotopic (exact) mass is 321 g/mol. The zero-order valence-corrected chi connectivity index (χ0v) is 12.2. The Kier molecular flexibility index (Phi) is 3.16. The van der Waals surface area contributed by atoms with Crippen LogP contribution in [-0.4, -0.2) is 35.0 Å². The van der Waals surface area contributed by atoms with Crippen molar-refractivity contribution >= 4 is 0 Å². The molecule has 0 bridgehead atoms. The first-order valence-corrected chi connectivity index (χ1v) is 7.08. The molecular weight excluding hydrogens is 310 g/mol. The fourth-order valence-corrected chi connectivity index (χ4v) is 2.31. The summed E-state index contributed by atoms with van der Waals surface area (Å²) in [7, 11) is 0. The van der Waals surface area contributed by atoms with E-state index in [9.17, 15) is 9.59 Å². The van der Waals surface area contributed by atoms with Crippen molar-refractivity contribution < 1.29 is 0 Å². The van der Waals surface area contributed by atoms with Gasteiger partial charge >= 0.3 is 11.4 Å². The molecule has 0 aliphatic carbocycles. The molecule has 2 heterocycles. The largest absolute Gasteiger partial charge is 0.348 e. The lowest BCUT2D eigenvalue weighted by atomic mass is 10.2. The van der Waals surface area contributed by atoms with Crippen molar-refractivity contribution in [3.8, 4) is 22.8 Å². The van der Waals surface area contributed by atoms with Crippen LogP contribution in [0.5, 0.6) is 0 Å². The summed E-state index contributed by atoms with van der Waals surface area (Å²) in [6, 6.07) is 16.2. The van der Waals surface area contributed by atoms with Gasteiger partial charge < -0.3 is 0 Å². The van der Waals surface area contributed by atoms with E-state index >= 15 is 0 Å². The maximum atomic E-state index is 11.6. The molecule has 4 rings (SSSR count). The van der Waals surface area contributed by atoms with Crippen LogP contribution in [0.1, 0.15) is 0 Å². The summed E-state index contributed by atoms with van der Waals surface area (Å²) >= 11 is 0.